The first-order valence-corrected chi connectivity index (χ1v) is 11.7. The van der Waals surface area contributed by atoms with Crippen molar-refractivity contribution >= 4 is 27.1 Å². The SMILES string of the molecule is CN1C(=O)C[C@H](c2ccccc2F)[C@@H]1C(O)c1ccc(S(=O)(=O)c2ccccc2)s1. The molecule has 4 rings (SSSR count). The monoisotopic (exact) mass is 445 g/mol. The van der Waals surface area contributed by atoms with E-state index in [1.165, 1.54) is 29.2 Å². The van der Waals surface area contributed by atoms with Gasteiger partial charge in [0, 0.05) is 24.3 Å². The molecule has 0 saturated carbocycles. The van der Waals surface area contributed by atoms with E-state index in [-0.39, 0.29) is 21.4 Å². The summed E-state index contributed by atoms with van der Waals surface area (Å²) in [5.41, 5.74) is 0.368. The van der Waals surface area contributed by atoms with Crippen LogP contribution in [0.25, 0.3) is 0 Å². The first kappa shape index (κ1) is 20.7. The van der Waals surface area contributed by atoms with E-state index < -0.39 is 33.7 Å². The van der Waals surface area contributed by atoms with Crippen molar-refractivity contribution < 1.29 is 22.7 Å². The molecule has 8 heteroatoms. The minimum absolute atomic E-state index is 0.0830. The van der Waals surface area contributed by atoms with Crippen molar-refractivity contribution in [1.82, 2.24) is 4.90 Å². The zero-order chi connectivity index (χ0) is 21.5. The van der Waals surface area contributed by atoms with Crippen molar-refractivity contribution in [2.45, 2.75) is 33.6 Å². The molecule has 3 aromatic rings. The number of benzene rings is 2. The topological polar surface area (TPSA) is 74.7 Å². The summed E-state index contributed by atoms with van der Waals surface area (Å²) in [5.74, 6) is -1.16. The molecule has 1 saturated heterocycles. The van der Waals surface area contributed by atoms with E-state index in [9.17, 15) is 22.7 Å². The van der Waals surface area contributed by atoms with Crippen molar-refractivity contribution in [3.05, 3.63) is 83.0 Å². The Morgan fingerprint density at radius 3 is 2.43 bits per heavy atom. The maximum atomic E-state index is 14.4. The number of hydrogen-bond donors (Lipinski definition) is 1. The van der Waals surface area contributed by atoms with Crippen LogP contribution in [0.3, 0.4) is 0 Å². The highest BCUT2D eigenvalue weighted by molar-refractivity contribution is 7.93. The maximum absolute atomic E-state index is 14.4. The Balaban J connectivity index is 1.68. The number of sulfone groups is 1. The lowest BCUT2D eigenvalue weighted by atomic mass is 9.88. The quantitative estimate of drug-likeness (QED) is 0.649. The van der Waals surface area contributed by atoms with E-state index in [0.29, 0.717) is 10.4 Å². The molecular weight excluding hydrogens is 425 g/mol. The molecule has 1 fully saturated rings. The van der Waals surface area contributed by atoms with Gasteiger partial charge in [0.2, 0.25) is 15.7 Å². The molecule has 0 bridgehead atoms. The minimum Gasteiger partial charge on any atom is -0.385 e. The summed E-state index contributed by atoms with van der Waals surface area (Å²) < 4.78 is 40.2. The fourth-order valence-corrected chi connectivity index (χ4v) is 6.69. The maximum Gasteiger partial charge on any atom is 0.223 e. The second kappa shape index (κ2) is 7.94. The van der Waals surface area contributed by atoms with Crippen molar-refractivity contribution in [3.63, 3.8) is 0 Å². The smallest absolute Gasteiger partial charge is 0.223 e. The second-order valence-electron chi connectivity index (χ2n) is 7.25. The Bertz CT molecular complexity index is 1180. The Kier molecular flexibility index (Phi) is 5.48. The number of thiophene rings is 1. The third kappa shape index (κ3) is 3.55. The second-order valence-corrected chi connectivity index (χ2v) is 10.5. The lowest BCUT2D eigenvalue weighted by molar-refractivity contribution is -0.128. The Labute approximate surface area is 178 Å². The van der Waals surface area contributed by atoms with E-state index >= 15 is 0 Å². The molecule has 30 heavy (non-hydrogen) atoms. The van der Waals surface area contributed by atoms with E-state index in [0.717, 1.165) is 11.3 Å². The first-order chi connectivity index (χ1) is 14.3. The van der Waals surface area contributed by atoms with E-state index in [2.05, 4.69) is 0 Å². The number of aliphatic hydroxyl groups excluding tert-OH is 1. The van der Waals surface area contributed by atoms with Gasteiger partial charge in [-0.05, 0) is 35.9 Å². The van der Waals surface area contributed by atoms with Crippen LogP contribution in [0, 0.1) is 5.82 Å². The predicted octanol–water partition coefficient (Wildman–Crippen LogP) is 3.77. The third-order valence-electron chi connectivity index (χ3n) is 5.49. The number of carbonyl (C=O) groups excluding carboxylic acids is 1. The largest absolute Gasteiger partial charge is 0.385 e. The summed E-state index contributed by atoms with van der Waals surface area (Å²) in [7, 11) is -2.13. The van der Waals surface area contributed by atoms with Crippen LogP contribution in [0.4, 0.5) is 4.39 Å². The molecule has 3 atom stereocenters. The summed E-state index contributed by atoms with van der Waals surface area (Å²) in [6.07, 6.45) is -1.06. The van der Waals surface area contributed by atoms with Crippen molar-refractivity contribution in [1.29, 1.82) is 0 Å². The van der Waals surface area contributed by atoms with Gasteiger partial charge >= 0.3 is 0 Å². The van der Waals surface area contributed by atoms with Gasteiger partial charge in [-0.25, -0.2) is 12.8 Å². The predicted molar refractivity (Wildman–Crippen MR) is 111 cm³/mol. The van der Waals surface area contributed by atoms with Gasteiger partial charge in [0.1, 0.15) is 16.1 Å². The minimum atomic E-state index is -3.71. The molecule has 1 unspecified atom stereocenters. The number of aliphatic hydroxyl groups is 1. The van der Waals surface area contributed by atoms with Crippen LogP contribution in [0.15, 0.2) is 75.8 Å². The van der Waals surface area contributed by atoms with E-state index in [1.54, 1.807) is 49.5 Å². The number of amides is 1. The lowest BCUT2D eigenvalue weighted by Gasteiger charge is -2.29. The molecule has 1 aliphatic rings. The number of nitrogens with zero attached hydrogens (tertiary/aromatic N) is 1. The Hall–Kier alpha value is -2.55. The van der Waals surface area contributed by atoms with E-state index in [4.69, 9.17) is 0 Å². The number of likely N-dealkylation sites (tertiary alicyclic amines) is 1. The van der Waals surface area contributed by atoms with Crippen LogP contribution >= 0.6 is 11.3 Å². The molecule has 0 aliphatic carbocycles. The van der Waals surface area contributed by atoms with Crippen molar-refractivity contribution in [3.8, 4) is 0 Å². The van der Waals surface area contributed by atoms with Crippen LogP contribution in [0.5, 0.6) is 0 Å². The van der Waals surface area contributed by atoms with Crippen LogP contribution in [0.1, 0.15) is 28.9 Å². The molecule has 2 aromatic carbocycles. The molecule has 156 valence electrons. The molecule has 0 spiro atoms. The number of halogens is 1. The van der Waals surface area contributed by atoms with Crippen molar-refractivity contribution in [2.75, 3.05) is 7.05 Å². The average molecular weight is 446 g/mol. The highest BCUT2D eigenvalue weighted by Crippen LogP contribution is 2.43. The Morgan fingerprint density at radius 1 is 1.07 bits per heavy atom. The zero-order valence-corrected chi connectivity index (χ0v) is 17.7. The summed E-state index contributed by atoms with van der Waals surface area (Å²) >= 11 is 0.965. The highest BCUT2D eigenvalue weighted by atomic mass is 32.2. The Morgan fingerprint density at radius 2 is 1.73 bits per heavy atom. The van der Waals surface area contributed by atoms with Gasteiger partial charge in [-0.3, -0.25) is 4.79 Å². The van der Waals surface area contributed by atoms with Gasteiger partial charge < -0.3 is 10.0 Å². The summed E-state index contributed by atoms with van der Waals surface area (Å²) in [5, 5.41) is 11.1. The van der Waals surface area contributed by atoms with Gasteiger partial charge in [0.05, 0.1) is 10.9 Å². The normalized spacial score (nSPS) is 20.5. The molecule has 1 amide bonds. The fourth-order valence-electron chi connectivity index (χ4n) is 3.91. The molecular formula is C22H20FNO4S2. The highest BCUT2D eigenvalue weighted by Gasteiger charge is 2.44. The zero-order valence-electron chi connectivity index (χ0n) is 16.1. The molecule has 1 N–H and O–H groups in total. The molecule has 5 nitrogen and oxygen atoms in total. The van der Waals surface area contributed by atoms with Gasteiger partial charge in [-0.2, -0.15) is 0 Å². The summed E-state index contributed by atoms with van der Waals surface area (Å²) in [4.78, 5) is 14.4. The molecule has 2 heterocycles. The van der Waals surface area contributed by atoms with Crippen molar-refractivity contribution in [2.24, 2.45) is 0 Å². The summed E-state index contributed by atoms with van der Waals surface area (Å²) in [6.45, 7) is 0. The van der Waals surface area contributed by atoms with Crippen LogP contribution in [-0.4, -0.2) is 37.4 Å². The molecule has 1 aliphatic heterocycles. The molecule has 1 aromatic heterocycles. The van der Waals surface area contributed by atoms with Crippen LogP contribution in [0.2, 0.25) is 0 Å². The van der Waals surface area contributed by atoms with Gasteiger partial charge in [-0.15, -0.1) is 11.3 Å². The van der Waals surface area contributed by atoms with Gasteiger partial charge in [0.25, 0.3) is 0 Å². The third-order valence-corrected chi connectivity index (χ3v) is 8.90. The van der Waals surface area contributed by atoms with E-state index in [1.807, 2.05) is 0 Å². The van der Waals surface area contributed by atoms with Crippen LogP contribution in [-0.2, 0) is 14.6 Å². The summed E-state index contributed by atoms with van der Waals surface area (Å²) in [6, 6.07) is 16.6. The van der Waals surface area contributed by atoms with Gasteiger partial charge in [-0.1, -0.05) is 36.4 Å². The number of likely N-dealkylation sites (N-methyl/N-ethyl adjacent to an activating group) is 1. The molecule has 0 radical (unpaired) electrons. The average Bonchev–Trinajstić information content (AvgIpc) is 3.35. The number of hydrogen-bond acceptors (Lipinski definition) is 5. The fraction of sp³-hybridized carbons (Fsp3) is 0.227. The van der Waals surface area contributed by atoms with Crippen LogP contribution < -0.4 is 0 Å². The first-order valence-electron chi connectivity index (χ1n) is 9.38. The number of rotatable bonds is 5. The van der Waals surface area contributed by atoms with Gasteiger partial charge in [0.15, 0.2) is 0 Å². The lowest BCUT2D eigenvalue weighted by Crippen LogP contribution is -2.36. The number of carbonyl (C=O) groups is 1. The standard InChI is InChI=1S/C22H20FNO4S2/c1-24-19(25)13-16(15-9-5-6-10-17(15)23)21(24)22(26)18-11-12-20(29-18)30(27,28)14-7-3-2-4-8-14/h2-12,16,21-22,26H,13H2,1H3/t16-,21-,22?/m1/s1.